The highest BCUT2D eigenvalue weighted by Gasteiger charge is 1.98. The minimum Gasteiger partial charge on any atom is -0.396 e. The average molecular weight is 215 g/mol. The molecule has 82 valence electrons. The molecular weight excluding hydrogens is 202 g/mol. The Morgan fingerprint density at radius 3 is 2.44 bits per heavy atom. The van der Waals surface area contributed by atoms with Gasteiger partial charge in [0, 0.05) is 24.6 Å². The molecule has 3 nitrogen and oxygen atoms in total. The summed E-state index contributed by atoms with van der Waals surface area (Å²) >= 11 is 0. The summed E-state index contributed by atoms with van der Waals surface area (Å²) in [5, 5.41) is 8.79. The van der Waals surface area contributed by atoms with Crippen molar-refractivity contribution in [1.82, 2.24) is 4.57 Å². The fraction of sp³-hybridized carbons (Fsp3) is 0.154. The van der Waals surface area contributed by atoms with Crippen LogP contribution in [0.25, 0.3) is 5.69 Å². The van der Waals surface area contributed by atoms with E-state index >= 15 is 0 Å². The van der Waals surface area contributed by atoms with Gasteiger partial charge < -0.3 is 5.11 Å². The van der Waals surface area contributed by atoms with Gasteiger partial charge in [-0.1, -0.05) is 18.2 Å². The lowest BCUT2D eigenvalue weighted by atomic mass is 10.1. The number of nitrogens with zero attached hydrogens (tertiary/aromatic N) is 1. The molecule has 0 radical (unpaired) electrons. The van der Waals surface area contributed by atoms with Gasteiger partial charge in [-0.05, 0) is 30.2 Å². The summed E-state index contributed by atoms with van der Waals surface area (Å²) in [7, 11) is 0. The molecule has 0 saturated carbocycles. The first-order chi connectivity index (χ1) is 7.81. The van der Waals surface area contributed by atoms with E-state index in [0.717, 1.165) is 11.3 Å². The molecule has 2 rings (SSSR count). The predicted molar refractivity (Wildman–Crippen MR) is 62.8 cm³/mol. The van der Waals surface area contributed by atoms with E-state index in [0.29, 0.717) is 6.42 Å². The first-order valence-corrected chi connectivity index (χ1v) is 5.19. The Hall–Kier alpha value is -1.87. The smallest absolute Gasteiger partial charge is 0.255 e. The van der Waals surface area contributed by atoms with Crippen LogP contribution in [-0.4, -0.2) is 16.3 Å². The lowest BCUT2D eigenvalue weighted by Crippen LogP contribution is -2.15. The van der Waals surface area contributed by atoms with Crippen LogP contribution >= 0.6 is 0 Å². The summed E-state index contributed by atoms with van der Waals surface area (Å²) in [6, 6.07) is 12.7. The third-order valence-electron chi connectivity index (χ3n) is 2.44. The highest BCUT2D eigenvalue weighted by molar-refractivity contribution is 5.35. The molecule has 0 aliphatic heterocycles. The fourth-order valence-corrected chi connectivity index (χ4v) is 1.59. The van der Waals surface area contributed by atoms with Crippen LogP contribution in [0.4, 0.5) is 0 Å². The first-order valence-electron chi connectivity index (χ1n) is 5.19. The number of hydrogen-bond donors (Lipinski definition) is 1. The zero-order valence-corrected chi connectivity index (χ0v) is 8.84. The van der Waals surface area contributed by atoms with Crippen LogP contribution < -0.4 is 5.56 Å². The van der Waals surface area contributed by atoms with Gasteiger partial charge >= 0.3 is 0 Å². The second kappa shape index (κ2) is 4.77. The third kappa shape index (κ3) is 2.20. The van der Waals surface area contributed by atoms with E-state index in [4.69, 9.17) is 5.11 Å². The van der Waals surface area contributed by atoms with Crippen LogP contribution in [0.15, 0.2) is 53.5 Å². The summed E-state index contributed by atoms with van der Waals surface area (Å²) in [6.07, 6.45) is 2.38. The highest BCUT2D eigenvalue weighted by Crippen LogP contribution is 2.07. The Morgan fingerprint density at radius 1 is 1.06 bits per heavy atom. The molecule has 0 fully saturated rings. The van der Waals surface area contributed by atoms with Gasteiger partial charge in [0.1, 0.15) is 0 Å². The molecule has 0 amide bonds. The second-order valence-electron chi connectivity index (χ2n) is 3.55. The average Bonchev–Trinajstić information content (AvgIpc) is 2.31. The maximum absolute atomic E-state index is 11.6. The molecule has 1 aromatic carbocycles. The van der Waals surface area contributed by atoms with Crippen molar-refractivity contribution in [3.05, 3.63) is 64.6 Å². The number of pyridine rings is 1. The minimum atomic E-state index is -0.0441. The Balaban J connectivity index is 2.35. The molecule has 1 N–H and O–H groups in total. The Labute approximate surface area is 93.6 Å². The number of hydrogen-bond acceptors (Lipinski definition) is 2. The van der Waals surface area contributed by atoms with Crippen LogP contribution in [-0.2, 0) is 6.42 Å². The second-order valence-corrected chi connectivity index (χ2v) is 3.55. The van der Waals surface area contributed by atoms with Crippen LogP contribution in [0.2, 0.25) is 0 Å². The molecule has 1 heterocycles. The van der Waals surface area contributed by atoms with E-state index in [-0.39, 0.29) is 12.2 Å². The highest BCUT2D eigenvalue weighted by atomic mass is 16.2. The van der Waals surface area contributed by atoms with Crippen molar-refractivity contribution in [3.63, 3.8) is 0 Å². The van der Waals surface area contributed by atoms with Gasteiger partial charge in [0.05, 0.1) is 0 Å². The zero-order chi connectivity index (χ0) is 11.4. The summed E-state index contributed by atoms with van der Waals surface area (Å²) in [6.45, 7) is 0.143. The van der Waals surface area contributed by atoms with Crippen LogP contribution in [0.3, 0.4) is 0 Å². The molecule has 0 saturated heterocycles. The van der Waals surface area contributed by atoms with Crippen molar-refractivity contribution in [2.75, 3.05) is 6.61 Å². The fourth-order valence-electron chi connectivity index (χ4n) is 1.59. The van der Waals surface area contributed by atoms with Gasteiger partial charge in [-0.15, -0.1) is 0 Å². The van der Waals surface area contributed by atoms with Crippen molar-refractivity contribution >= 4 is 0 Å². The maximum Gasteiger partial charge on any atom is 0.255 e. The number of aliphatic hydroxyl groups is 1. The number of aromatic nitrogens is 1. The third-order valence-corrected chi connectivity index (χ3v) is 2.44. The summed E-state index contributed by atoms with van der Waals surface area (Å²) in [4.78, 5) is 11.6. The topological polar surface area (TPSA) is 42.2 Å². The van der Waals surface area contributed by atoms with Gasteiger partial charge in [-0.3, -0.25) is 9.36 Å². The molecule has 0 atom stereocenters. The summed E-state index contributed by atoms with van der Waals surface area (Å²) < 4.78 is 1.59. The monoisotopic (exact) mass is 215 g/mol. The molecule has 0 aliphatic carbocycles. The molecule has 0 bridgehead atoms. The molecule has 0 spiro atoms. The lowest BCUT2D eigenvalue weighted by molar-refractivity contribution is 0.299. The van der Waals surface area contributed by atoms with Crippen molar-refractivity contribution in [1.29, 1.82) is 0 Å². The van der Waals surface area contributed by atoms with Crippen molar-refractivity contribution in [2.45, 2.75) is 6.42 Å². The van der Waals surface area contributed by atoms with Crippen LogP contribution in [0.1, 0.15) is 5.56 Å². The Kier molecular flexibility index (Phi) is 3.17. The SMILES string of the molecule is O=c1ccccn1-c1ccc(CCO)cc1. The van der Waals surface area contributed by atoms with Crippen molar-refractivity contribution < 1.29 is 5.11 Å². The largest absolute Gasteiger partial charge is 0.396 e. The van der Waals surface area contributed by atoms with E-state index in [2.05, 4.69) is 0 Å². The van der Waals surface area contributed by atoms with E-state index in [1.54, 1.807) is 16.8 Å². The van der Waals surface area contributed by atoms with Crippen molar-refractivity contribution in [3.8, 4) is 5.69 Å². The minimum absolute atomic E-state index is 0.0441. The summed E-state index contributed by atoms with van der Waals surface area (Å²) in [5.74, 6) is 0. The molecule has 3 heteroatoms. The number of aliphatic hydroxyl groups excluding tert-OH is 1. The van der Waals surface area contributed by atoms with Gasteiger partial charge in [0.15, 0.2) is 0 Å². The standard InChI is InChI=1S/C13H13NO2/c15-10-8-11-4-6-12(7-5-11)14-9-2-1-3-13(14)16/h1-7,9,15H,8,10H2. The molecule has 2 aromatic rings. The molecule has 1 aromatic heterocycles. The number of rotatable bonds is 3. The Bertz CT molecular complexity index is 514. The maximum atomic E-state index is 11.6. The molecular formula is C13H13NO2. The van der Waals surface area contributed by atoms with Crippen LogP contribution in [0, 0.1) is 0 Å². The zero-order valence-electron chi connectivity index (χ0n) is 8.84. The van der Waals surface area contributed by atoms with Gasteiger partial charge in [-0.25, -0.2) is 0 Å². The van der Waals surface area contributed by atoms with Gasteiger partial charge in [0.25, 0.3) is 5.56 Å². The number of benzene rings is 1. The van der Waals surface area contributed by atoms with Gasteiger partial charge in [-0.2, -0.15) is 0 Å². The van der Waals surface area contributed by atoms with Crippen LogP contribution in [0.5, 0.6) is 0 Å². The molecule has 0 unspecified atom stereocenters. The lowest BCUT2D eigenvalue weighted by Gasteiger charge is -2.05. The Morgan fingerprint density at radius 2 is 1.81 bits per heavy atom. The first kappa shape index (κ1) is 10.6. The van der Waals surface area contributed by atoms with E-state index in [1.807, 2.05) is 30.3 Å². The van der Waals surface area contributed by atoms with E-state index in [1.165, 1.54) is 6.07 Å². The predicted octanol–water partition coefficient (Wildman–Crippen LogP) is 1.37. The van der Waals surface area contributed by atoms with E-state index < -0.39 is 0 Å². The van der Waals surface area contributed by atoms with Crippen molar-refractivity contribution in [2.24, 2.45) is 0 Å². The van der Waals surface area contributed by atoms with E-state index in [9.17, 15) is 4.79 Å². The normalized spacial score (nSPS) is 10.3. The molecule has 0 aliphatic rings. The molecule has 16 heavy (non-hydrogen) atoms. The summed E-state index contributed by atoms with van der Waals surface area (Å²) in [5.41, 5.74) is 1.86. The quantitative estimate of drug-likeness (QED) is 0.840. The van der Waals surface area contributed by atoms with Gasteiger partial charge in [0.2, 0.25) is 0 Å².